The van der Waals surface area contributed by atoms with E-state index in [0.717, 1.165) is 40.8 Å². The number of phenols is 1. The molecule has 0 aliphatic heterocycles. The van der Waals surface area contributed by atoms with Gasteiger partial charge in [-0.15, -0.1) is 23.1 Å². The van der Waals surface area contributed by atoms with Crippen molar-refractivity contribution in [2.75, 3.05) is 6.26 Å². The quantitative estimate of drug-likeness (QED) is 0.386. The Balaban J connectivity index is 1.91. The highest BCUT2D eigenvalue weighted by molar-refractivity contribution is 8.00. The van der Waals surface area contributed by atoms with Gasteiger partial charge < -0.3 is 5.11 Å². The molecule has 0 saturated carbocycles. The summed E-state index contributed by atoms with van der Waals surface area (Å²) in [5.41, 5.74) is 5.59. The van der Waals surface area contributed by atoms with Crippen LogP contribution in [0.15, 0.2) is 22.4 Å². The Bertz CT molecular complexity index is 865. The van der Waals surface area contributed by atoms with E-state index in [0.29, 0.717) is 11.2 Å². The number of hydrogen-bond acceptors (Lipinski definition) is 4. The SMILES string of the molecule is CSc1sc(C(=O)C=Cc2cc(C)c(O)c(C)c2)c2c1CC(C)(C)CC2. The summed E-state index contributed by atoms with van der Waals surface area (Å²) in [4.78, 5) is 13.8. The second-order valence-corrected chi connectivity index (χ2v) is 10.0. The van der Waals surface area contributed by atoms with Gasteiger partial charge in [-0.2, -0.15) is 0 Å². The monoisotopic (exact) mass is 386 g/mol. The highest BCUT2D eigenvalue weighted by atomic mass is 32.2. The first-order chi connectivity index (χ1) is 12.2. The fourth-order valence-corrected chi connectivity index (χ4v) is 5.69. The van der Waals surface area contributed by atoms with Crippen LogP contribution in [0.1, 0.15) is 57.8 Å². The molecule has 2 aromatic rings. The summed E-state index contributed by atoms with van der Waals surface area (Å²) in [7, 11) is 0. The van der Waals surface area contributed by atoms with Crippen molar-refractivity contribution in [1.29, 1.82) is 0 Å². The maximum Gasteiger partial charge on any atom is 0.196 e. The normalized spacial score (nSPS) is 16.0. The first kappa shape index (κ1) is 19.2. The molecule has 138 valence electrons. The van der Waals surface area contributed by atoms with Crippen LogP contribution in [0.3, 0.4) is 0 Å². The van der Waals surface area contributed by atoms with Gasteiger partial charge in [0.2, 0.25) is 0 Å². The van der Waals surface area contributed by atoms with E-state index in [-0.39, 0.29) is 5.78 Å². The third-order valence-electron chi connectivity index (χ3n) is 5.14. The number of ketones is 1. The summed E-state index contributed by atoms with van der Waals surface area (Å²) in [6, 6.07) is 3.82. The predicted octanol–water partition coefficient (Wildman–Crippen LogP) is 6.20. The summed E-state index contributed by atoms with van der Waals surface area (Å²) in [6.07, 6.45) is 8.82. The minimum atomic E-state index is 0.0923. The Kier molecular flexibility index (Phi) is 5.36. The molecule has 26 heavy (non-hydrogen) atoms. The van der Waals surface area contributed by atoms with Crippen LogP contribution in [-0.2, 0) is 12.8 Å². The maximum absolute atomic E-state index is 12.9. The molecule has 0 radical (unpaired) electrons. The van der Waals surface area contributed by atoms with Crippen molar-refractivity contribution in [3.8, 4) is 5.75 Å². The lowest BCUT2D eigenvalue weighted by atomic mass is 9.75. The topological polar surface area (TPSA) is 37.3 Å². The molecule has 2 nitrogen and oxygen atoms in total. The van der Waals surface area contributed by atoms with E-state index in [2.05, 4.69) is 20.1 Å². The molecule has 0 spiro atoms. The minimum absolute atomic E-state index is 0.0923. The number of carbonyl (C=O) groups is 1. The summed E-state index contributed by atoms with van der Waals surface area (Å²) in [5, 5.41) is 9.90. The lowest BCUT2D eigenvalue weighted by Gasteiger charge is -2.30. The van der Waals surface area contributed by atoms with Crippen molar-refractivity contribution in [1.82, 2.24) is 0 Å². The molecule has 1 aromatic heterocycles. The maximum atomic E-state index is 12.9. The van der Waals surface area contributed by atoms with Gasteiger partial charge in [0.1, 0.15) is 5.75 Å². The zero-order valence-electron chi connectivity index (χ0n) is 16.1. The molecule has 0 amide bonds. The molecule has 1 N–H and O–H groups in total. The number of allylic oxidation sites excluding steroid dienone is 1. The fraction of sp³-hybridized carbons (Fsp3) is 0.409. The number of hydrogen-bond donors (Lipinski definition) is 1. The van der Waals surface area contributed by atoms with E-state index in [4.69, 9.17) is 0 Å². The first-order valence-electron chi connectivity index (χ1n) is 8.93. The molecule has 1 aliphatic carbocycles. The number of benzene rings is 1. The van der Waals surface area contributed by atoms with Crippen molar-refractivity contribution in [2.24, 2.45) is 5.41 Å². The standard InChI is InChI=1S/C22H26O2S2/c1-13-10-15(11-14(2)19(13)24)6-7-18(23)20-16-8-9-22(3,4)12-17(16)21(25-5)26-20/h6-7,10-11,24H,8-9,12H2,1-5H3. The van der Waals surface area contributed by atoms with Crippen LogP contribution in [0.2, 0.25) is 0 Å². The number of phenolic OH excluding ortho intramolecular Hbond substituents is 1. The van der Waals surface area contributed by atoms with Crippen LogP contribution in [0.4, 0.5) is 0 Å². The van der Waals surface area contributed by atoms with Crippen LogP contribution >= 0.6 is 23.1 Å². The fourth-order valence-electron chi connectivity index (χ4n) is 3.65. The summed E-state index contributed by atoms with van der Waals surface area (Å²) in [5.74, 6) is 0.419. The van der Waals surface area contributed by atoms with Crippen molar-refractivity contribution >= 4 is 35.0 Å². The Morgan fingerprint density at radius 2 is 1.88 bits per heavy atom. The van der Waals surface area contributed by atoms with Crippen LogP contribution in [-0.4, -0.2) is 17.1 Å². The van der Waals surface area contributed by atoms with E-state index in [1.807, 2.05) is 32.1 Å². The molecule has 1 aliphatic rings. The molecule has 1 aromatic carbocycles. The zero-order chi connectivity index (χ0) is 19.1. The number of fused-ring (bicyclic) bond motifs is 1. The van der Waals surface area contributed by atoms with Gasteiger partial charge in [0.15, 0.2) is 5.78 Å². The van der Waals surface area contributed by atoms with Crippen molar-refractivity contribution in [2.45, 2.75) is 51.2 Å². The van der Waals surface area contributed by atoms with Gasteiger partial charge in [-0.05, 0) is 90.8 Å². The van der Waals surface area contributed by atoms with E-state index < -0.39 is 0 Å². The van der Waals surface area contributed by atoms with Crippen LogP contribution < -0.4 is 0 Å². The molecular weight excluding hydrogens is 360 g/mol. The van der Waals surface area contributed by atoms with Crippen LogP contribution in [0.25, 0.3) is 6.08 Å². The molecule has 0 saturated heterocycles. The first-order valence-corrected chi connectivity index (χ1v) is 11.0. The number of aryl methyl sites for hydroxylation is 2. The average Bonchev–Trinajstić information content (AvgIpc) is 2.94. The van der Waals surface area contributed by atoms with Crippen molar-refractivity contribution in [3.63, 3.8) is 0 Å². The molecular formula is C22H26O2S2. The Morgan fingerprint density at radius 3 is 2.50 bits per heavy atom. The van der Waals surface area contributed by atoms with Crippen molar-refractivity contribution in [3.05, 3.63) is 50.9 Å². The molecule has 3 rings (SSSR count). The second-order valence-electron chi connectivity index (χ2n) is 7.92. The molecule has 0 fully saturated rings. The number of aromatic hydroxyl groups is 1. The Hall–Kier alpha value is -1.52. The molecule has 0 atom stereocenters. The predicted molar refractivity (Wildman–Crippen MR) is 113 cm³/mol. The largest absolute Gasteiger partial charge is 0.507 e. The second kappa shape index (κ2) is 7.24. The van der Waals surface area contributed by atoms with Gasteiger partial charge >= 0.3 is 0 Å². The highest BCUT2D eigenvalue weighted by Crippen LogP contribution is 2.44. The minimum Gasteiger partial charge on any atom is -0.507 e. The lowest BCUT2D eigenvalue weighted by Crippen LogP contribution is -2.22. The van der Waals surface area contributed by atoms with Gasteiger partial charge in [0.05, 0.1) is 9.09 Å². The zero-order valence-corrected chi connectivity index (χ0v) is 17.7. The number of rotatable bonds is 4. The summed E-state index contributed by atoms with van der Waals surface area (Å²) in [6.45, 7) is 8.39. The van der Waals surface area contributed by atoms with Gasteiger partial charge in [0, 0.05) is 0 Å². The Labute approximate surface area is 164 Å². The third-order valence-corrected chi connectivity index (χ3v) is 7.59. The number of thiophene rings is 1. The van der Waals surface area contributed by atoms with Gasteiger partial charge in [-0.25, -0.2) is 0 Å². The molecule has 0 bridgehead atoms. The lowest BCUT2D eigenvalue weighted by molar-refractivity contribution is 0.105. The highest BCUT2D eigenvalue weighted by Gasteiger charge is 2.31. The number of carbonyl (C=O) groups excluding carboxylic acids is 1. The van der Waals surface area contributed by atoms with Gasteiger partial charge in [-0.3, -0.25) is 4.79 Å². The number of thioether (sulfide) groups is 1. The van der Waals surface area contributed by atoms with Gasteiger partial charge in [-0.1, -0.05) is 19.9 Å². The molecule has 1 heterocycles. The molecule has 0 unspecified atom stereocenters. The third kappa shape index (κ3) is 3.77. The van der Waals surface area contributed by atoms with E-state index in [9.17, 15) is 9.90 Å². The average molecular weight is 387 g/mol. The van der Waals surface area contributed by atoms with Crippen molar-refractivity contribution < 1.29 is 9.90 Å². The summed E-state index contributed by atoms with van der Waals surface area (Å²) >= 11 is 3.41. The summed E-state index contributed by atoms with van der Waals surface area (Å²) < 4.78 is 1.29. The van der Waals surface area contributed by atoms with Crippen LogP contribution in [0.5, 0.6) is 5.75 Å². The molecule has 4 heteroatoms. The van der Waals surface area contributed by atoms with E-state index >= 15 is 0 Å². The van der Waals surface area contributed by atoms with E-state index in [1.165, 1.54) is 15.3 Å². The van der Waals surface area contributed by atoms with Gasteiger partial charge in [0.25, 0.3) is 0 Å². The van der Waals surface area contributed by atoms with Crippen LogP contribution in [0, 0.1) is 19.3 Å². The smallest absolute Gasteiger partial charge is 0.196 e. The van der Waals surface area contributed by atoms with E-state index in [1.54, 1.807) is 29.2 Å². The Morgan fingerprint density at radius 1 is 1.23 bits per heavy atom.